The third kappa shape index (κ3) is 5.20. The smallest absolute Gasteiger partial charge is 0.164 e. The molecule has 0 saturated heterocycles. The summed E-state index contributed by atoms with van der Waals surface area (Å²) in [6, 6.07) is 55.3. The van der Waals surface area contributed by atoms with Crippen molar-refractivity contribution in [1.82, 2.24) is 15.0 Å². The number of rotatable bonds is 5. The number of fused-ring (bicyclic) bond motifs is 5. The van der Waals surface area contributed by atoms with Gasteiger partial charge in [-0.3, -0.25) is 0 Å². The number of hydrogen-bond donors (Lipinski definition) is 0. The van der Waals surface area contributed by atoms with Crippen molar-refractivity contribution >= 4 is 27.1 Å². The van der Waals surface area contributed by atoms with Crippen molar-refractivity contribution in [3.05, 3.63) is 187 Å². The largest absolute Gasteiger partial charge is 0.484 e. The van der Waals surface area contributed by atoms with E-state index in [2.05, 4.69) is 146 Å². The fourth-order valence-corrected chi connectivity index (χ4v) is 7.51. The Labute approximate surface area is 296 Å². The van der Waals surface area contributed by atoms with Crippen molar-refractivity contribution in [2.45, 2.75) is 12.0 Å². The molecule has 0 spiro atoms. The number of aromatic nitrogens is 3. The quantitative estimate of drug-likeness (QED) is 0.185. The highest BCUT2D eigenvalue weighted by Gasteiger charge is 2.39. The van der Waals surface area contributed by atoms with Crippen LogP contribution in [0.25, 0.3) is 72.1 Å². The fourth-order valence-electron chi connectivity index (χ4n) is 7.51. The molecule has 1 aliphatic heterocycles. The van der Waals surface area contributed by atoms with Crippen LogP contribution in [-0.2, 0) is 0 Å². The molecule has 0 bridgehead atoms. The van der Waals surface area contributed by atoms with Gasteiger partial charge in [0.2, 0.25) is 0 Å². The van der Waals surface area contributed by atoms with Crippen LogP contribution in [0.5, 0.6) is 5.75 Å². The minimum atomic E-state index is -0.168. The predicted molar refractivity (Wildman–Crippen MR) is 207 cm³/mol. The summed E-state index contributed by atoms with van der Waals surface area (Å²) in [5.74, 6) is 2.81. The monoisotopic (exact) mass is 653 g/mol. The van der Waals surface area contributed by atoms with Gasteiger partial charge in [0.1, 0.15) is 11.9 Å². The SMILES string of the molecule is C1=CC2Oc3c(-c4ccc(-c5ccc6ccccc6c5)cc4)cccc3C2C(c2nc(-c3ccccc3)nc(-c3ccc4ccccc4c3)n2)=C1. The number of allylic oxidation sites excluding steroid dienone is 2. The number of para-hydroxylation sites is 1. The van der Waals surface area contributed by atoms with Gasteiger partial charge in [0.05, 0.1) is 5.92 Å². The Hall–Kier alpha value is -6.65. The summed E-state index contributed by atoms with van der Waals surface area (Å²) in [6.07, 6.45) is 6.18. The van der Waals surface area contributed by atoms with Gasteiger partial charge in [-0.2, -0.15) is 0 Å². The van der Waals surface area contributed by atoms with E-state index in [1.54, 1.807) is 0 Å². The predicted octanol–water partition coefficient (Wildman–Crippen LogP) is 11.3. The fraction of sp³-hybridized carbons (Fsp3) is 0.0426. The molecule has 240 valence electrons. The molecule has 1 aromatic heterocycles. The topological polar surface area (TPSA) is 47.9 Å². The molecule has 4 nitrogen and oxygen atoms in total. The first-order valence-corrected chi connectivity index (χ1v) is 17.3. The van der Waals surface area contributed by atoms with Crippen molar-refractivity contribution in [1.29, 1.82) is 0 Å². The highest BCUT2D eigenvalue weighted by atomic mass is 16.5. The molecule has 51 heavy (non-hydrogen) atoms. The Morgan fingerprint density at radius 2 is 1.02 bits per heavy atom. The van der Waals surface area contributed by atoms with Crippen molar-refractivity contribution in [3.8, 4) is 50.8 Å². The zero-order valence-electron chi connectivity index (χ0n) is 27.6. The third-order valence-corrected chi connectivity index (χ3v) is 10.1. The van der Waals surface area contributed by atoms with E-state index in [0.717, 1.165) is 44.5 Å². The van der Waals surface area contributed by atoms with Crippen LogP contribution in [0.15, 0.2) is 176 Å². The first-order chi connectivity index (χ1) is 25.2. The van der Waals surface area contributed by atoms with Crippen LogP contribution in [0.1, 0.15) is 17.3 Å². The summed E-state index contributed by atoms with van der Waals surface area (Å²) in [6.45, 7) is 0. The molecule has 2 atom stereocenters. The van der Waals surface area contributed by atoms with E-state index in [1.165, 1.54) is 27.3 Å². The van der Waals surface area contributed by atoms with Gasteiger partial charge in [-0.1, -0.05) is 158 Å². The van der Waals surface area contributed by atoms with Crippen LogP contribution < -0.4 is 4.74 Å². The first-order valence-electron chi connectivity index (χ1n) is 17.3. The van der Waals surface area contributed by atoms with Crippen LogP contribution >= 0.6 is 0 Å². The molecule has 0 amide bonds. The van der Waals surface area contributed by atoms with E-state index in [-0.39, 0.29) is 12.0 Å². The lowest BCUT2D eigenvalue weighted by atomic mass is 9.83. The van der Waals surface area contributed by atoms with Gasteiger partial charge in [-0.05, 0) is 56.4 Å². The Morgan fingerprint density at radius 3 is 1.76 bits per heavy atom. The van der Waals surface area contributed by atoms with Crippen LogP contribution in [0, 0.1) is 0 Å². The number of hydrogen-bond acceptors (Lipinski definition) is 4. The highest BCUT2D eigenvalue weighted by Crippen LogP contribution is 2.51. The molecule has 7 aromatic carbocycles. The molecule has 2 aliphatic rings. The van der Waals surface area contributed by atoms with Gasteiger partial charge in [0, 0.05) is 27.8 Å². The molecule has 0 N–H and O–H groups in total. The standard InChI is InChI=1S/C47H31N3O/c1-2-12-34(13-3-1)45-48-46(38-27-23-31-11-5-7-15-36(31)29-38)50-47(49-45)41-18-9-19-42-43(41)40-17-8-16-39(44(40)51-42)33-24-20-32(21-25-33)37-26-22-30-10-4-6-14-35(30)28-37/h1-29,42-43H. The molecular formula is C47H31N3O. The van der Waals surface area contributed by atoms with Crippen LogP contribution in [0.2, 0.25) is 0 Å². The maximum atomic E-state index is 6.79. The molecule has 10 rings (SSSR count). The molecule has 0 saturated carbocycles. The molecule has 0 fully saturated rings. The highest BCUT2D eigenvalue weighted by molar-refractivity contribution is 5.89. The summed E-state index contributed by atoms with van der Waals surface area (Å²) in [4.78, 5) is 15.3. The number of nitrogens with zero attached hydrogens (tertiary/aromatic N) is 3. The maximum absolute atomic E-state index is 6.79. The second kappa shape index (κ2) is 12.0. The summed E-state index contributed by atoms with van der Waals surface area (Å²) in [7, 11) is 0. The van der Waals surface area contributed by atoms with Gasteiger partial charge < -0.3 is 4.74 Å². The lowest BCUT2D eigenvalue weighted by molar-refractivity contribution is 0.272. The van der Waals surface area contributed by atoms with E-state index in [4.69, 9.17) is 19.7 Å². The normalized spacial score (nSPS) is 16.0. The van der Waals surface area contributed by atoms with Gasteiger partial charge in [0.15, 0.2) is 17.5 Å². The maximum Gasteiger partial charge on any atom is 0.164 e. The van der Waals surface area contributed by atoms with E-state index < -0.39 is 0 Å². The van der Waals surface area contributed by atoms with Gasteiger partial charge in [-0.15, -0.1) is 0 Å². The third-order valence-electron chi connectivity index (χ3n) is 10.1. The van der Waals surface area contributed by atoms with Crippen molar-refractivity contribution in [2.75, 3.05) is 0 Å². The molecule has 2 unspecified atom stereocenters. The lowest BCUT2D eigenvalue weighted by Crippen LogP contribution is -2.20. The summed E-state index contributed by atoms with van der Waals surface area (Å²) < 4.78 is 6.79. The zero-order valence-corrected chi connectivity index (χ0v) is 27.6. The van der Waals surface area contributed by atoms with Gasteiger partial charge in [0.25, 0.3) is 0 Å². The van der Waals surface area contributed by atoms with Crippen LogP contribution in [0.4, 0.5) is 0 Å². The van der Waals surface area contributed by atoms with Crippen LogP contribution in [-0.4, -0.2) is 21.1 Å². The molecule has 4 heteroatoms. The Kier molecular flexibility index (Phi) is 6.91. The number of ether oxygens (including phenoxy) is 1. The van der Waals surface area contributed by atoms with E-state index in [9.17, 15) is 0 Å². The molecule has 8 aromatic rings. The molecule has 2 heterocycles. The molecular weight excluding hydrogens is 623 g/mol. The average Bonchev–Trinajstić information content (AvgIpc) is 3.60. The second-order valence-electron chi connectivity index (χ2n) is 13.2. The van der Waals surface area contributed by atoms with Gasteiger partial charge in [-0.25, -0.2) is 15.0 Å². The summed E-state index contributed by atoms with van der Waals surface area (Å²) in [5, 5.41) is 4.82. The van der Waals surface area contributed by atoms with E-state index in [1.807, 2.05) is 30.3 Å². The van der Waals surface area contributed by atoms with E-state index in [0.29, 0.717) is 17.5 Å². The Balaban J connectivity index is 1.04. The first kappa shape index (κ1) is 29.3. The van der Waals surface area contributed by atoms with E-state index >= 15 is 0 Å². The lowest BCUT2D eigenvalue weighted by Gasteiger charge is -2.22. The summed E-state index contributed by atoms with van der Waals surface area (Å²) in [5.41, 5.74) is 8.65. The van der Waals surface area contributed by atoms with Crippen LogP contribution in [0.3, 0.4) is 0 Å². The minimum Gasteiger partial charge on any atom is -0.484 e. The minimum absolute atomic E-state index is 0.0581. The summed E-state index contributed by atoms with van der Waals surface area (Å²) >= 11 is 0. The number of benzene rings is 7. The van der Waals surface area contributed by atoms with Crippen molar-refractivity contribution < 1.29 is 4.74 Å². The van der Waals surface area contributed by atoms with Gasteiger partial charge >= 0.3 is 0 Å². The van der Waals surface area contributed by atoms with Crippen molar-refractivity contribution in [2.24, 2.45) is 0 Å². The molecule has 1 aliphatic carbocycles. The van der Waals surface area contributed by atoms with Crippen molar-refractivity contribution in [3.63, 3.8) is 0 Å². The zero-order chi connectivity index (χ0) is 33.7. The second-order valence-corrected chi connectivity index (χ2v) is 13.2. The Bertz CT molecular complexity index is 2680. The Morgan fingerprint density at radius 1 is 0.431 bits per heavy atom. The average molecular weight is 654 g/mol. The molecule has 0 radical (unpaired) electrons.